The maximum absolute atomic E-state index is 11.1. The summed E-state index contributed by atoms with van der Waals surface area (Å²) in [5, 5.41) is 14.6. The van der Waals surface area contributed by atoms with E-state index in [0.717, 1.165) is 25.2 Å². The smallest absolute Gasteiger partial charge is 0.0851 e. The lowest BCUT2D eigenvalue weighted by atomic mass is 9.84. The van der Waals surface area contributed by atoms with Crippen LogP contribution in [0.1, 0.15) is 51.0 Å². The van der Waals surface area contributed by atoms with Crippen molar-refractivity contribution in [3.8, 4) is 0 Å². The fourth-order valence-electron chi connectivity index (χ4n) is 3.80. The molecule has 3 rings (SSSR count). The van der Waals surface area contributed by atoms with E-state index in [9.17, 15) is 5.11 Å². The van der Waals surface area contributed by atoms with Crippen LogP contribution < -0.4 is 5.32 Å². The molecule has 1 fully saturated rings. The van der Waals surface area contributed by atoms with Crippen LogP contribution in [0.15, 0.2) is 24.3 Å². The monoisotopic (exact) mass is 259 g/mol. The van der Waals surface area contributed by atoms with Gasteiger partial charge in [-0.05, 0) is 43.2 Å². The van der Waals surface area contributed by atoms with Crippen LogP contribution >= 0.6 is 0 Å². The van der Waals surface area contributed by atoms with Gasteiger partial charge in [-0.25, -0.2) is 0 Å². The lowest BCUT2D eigenvalue weighted by molar-refractivity contribution is 0.00691. The van der Waals surface area contributed by atoms with Crippen LogP contribution in [0.4, 0.5) is 5.69 Å². The zero-order valence-corrected chi connectivity index (χ0v) is 11.9. The van der Waals surface area contributed by atoms with Crippen LogP contribution in [-0.4, -0.2) is 16.7 Å². The number of fused-ring (bicyclic) bond motifs is 1. The average molecular weight is 259 g/mol. The Morgan fingerprint density at radius 2 is 2.11 bits per heavy atom. The lowest BCUT2D eigenvalue weighted by Crippen LogP contribution is -2.45. The number of nitrogens with one attached hydrogen (secondary N) is 1. The lowest BCUT2D eigenvalue weighted by Gasteiger charge is -2.33. The first-order valence-corrected chi connectivity index (χ1v) is 7.78. The summed E-state index contributed by atoms with van der Waals surface area (Å²) in [5.41, 5.74) is 2.07. The SMILES string of the molecule is CCC1CCCC(O)(C2Cc3ccccc3N2)CC1. The van der Waals surface area contributed by atoms with Crippen molar-refractivity contribution in [1.82, 2.24) is 0 Å². The standard InChI is InChI=1S/C17H25NO/c1-2-13-6-5-10-17(19,11-9-13)16-12-14-7-3-4-8-15(14)18-16/h3-4,7-8,13,16,18-19H,2,5-6,9-12H2,1H3. The van der Waals surface area contributed by atoms with Gasteiger partial charge in [0.25, 0.3) is 0 Å². The molecule has 1 aliphatic heterocycles. The highest BCUT2D eigenvalue weighted by Crippen LogP contribution is 2.39. The van der Waals surface area contributed by atoms with Crippen molar-refractivity contribution < 1.29 is 5.11 Å². The van der Waals surface area contributed by atoms with Gasteiger partial charge in [0.1, 0.15) is 0 Å². The molecule has 2 N–H and O–H groups in total. The Balaban J connectivity index is 1.72. The fraction of sp³-hybridized carbons (Fsp3) is 0.647. The Morgan fingerprint density at radius 3 is 2.89 bits per heavy atom. The molecule has 1 aromatic rings. The molecule has 19 heavy (non-hydrogen) atoms. The first kappa shape index (κ1) is 13.0. The Labute approximate surface area is 116 Å². The van der Waals surface area contributed by atoms with Crippen molar-refractivity contribution in [3.05, 3.63) is 29.8 Å². The quantitative estimate of drug-likeness (QED) is 0.793. The number of rotatable bonds is 2. The van der Waals surface area contributed by atoms with Gasteiger partial charge in [-0.15, -0.1) is 0 Å². The molecule has 2 aliphatic rings. The highest BCUT2D eigenvalue weighted by Gasteiger charge is 2.40. The molecule has 0 aromatic heterocycles. The summed E-state index contributed by atoms with van der Waals surface area (Å²) < 4.78 is 0. The van der Waals surface area contributed by atoms with E-state index in [4.69, 9.17) is 0 Å². The van der Waals surface area contributed by atoms with Gasteiger partial charge in [-0.2, -0.15) is 0 Å². The number of aliphatic hydroxyl groups is 1. The Morgan fingerprint density at radius 1 is 1.26 bits per heavy atom. The van der Waals surface area contributed by atoms with Crippen molar-refractivity contribution in [3.63, 3.8) is 0 Å². The van der Waals surface area contributed by atoms with E-state index in [0.29, 0.717) is 0 Å². The second kappa shape index (κ2) is 5.16. The van der Waals surface area contributed by atoms with Crippen molar-refractivity contribution in [2.75, 3.05) is 5.32 Å². The predicted molar refractivity (Wildman–Crippen MR) is 79.4 cm³/mol. The topological polar surface area (TPSA) is 32.3 Å². The van der Waals surface area contributed by atoms with Gasteiger partial charge in [0.15, 0.2) is 0 Å². The van der Waals surface area contributed by atoms with Gasteiger partial charge in [0.05, 0.1) is 11.6 Å². The van der Waals surface area contributed by atoms with E-state index in [1.807, 2.05) is 0 Å². The van der Waals surface area contributed by atoms with Crippen LogP contribution in [0.2, 0.25) is 0 Å². The molecular weight excluding hydrogens is 234 g/mol. The van der Waals surface area contributed by atoms with Gasteiger partial charge >= 0.3 is 0 Å². The third-order valence-corrected chi connectivity index (χ3v) is 5.20. The molecule has 2 nitrogen and oxygen atoms in total. The number of anilines is 1. The molecule has 0 amide bonds. The molecule has 1 saturated carbocycles. The highest BCUT2D eigenvalue weighted by atomic mass is 16.3. The Bertz CT molecular complexity index is 420. The number of hydrogen-bond donors (Lipinski definition) is 2. The molecule has 1 heterocycles. The van der Waals surface area contributed by atoms with Gasteiger partial charge in [0.2, 0.25) is 0 Å². The Hall–Kier alpha value is -1.02. The van der Waals surface area contributed by atoms with Crippen LogP contribution in [0.3, 0.4) is 0 Å². The largest absolute Gasteiger partial charge is 0.388 e. The summed E-state index contributed by atoms with van der Waals surface area (Å²) in [6.45, 7) is 2.28. The summed E-state index contributed by atoms with van der Waals surface area (Å²) in [6.07, 6.45) is 7.79. The third kappa shape index (κ3) is 2.51. The minimum atomic E-state index is -0.511. The second-order valence-corrected chi connectivity index (χ2v) is 6.37. The molecule has 0 spiro atoms. The minimum absolute atomic E-state index is 0.209. The van der Waals surface area contributed by atoms with Crippen molar-refractivity contribution in [1.29, 1.82) is 0 Å². The molecule has 104 valence electrons. The molecule has 3 atom stereocenters. The Kier molecular flexibility index (Phi) is 3.53. The minimum Gasteiger partial charge on any atom is -0.388 e. The summed E-state index contributed by atoms with van der Waals surface area (Å²) in [7, 11) is 0. The van der Waals surface area contributed by atoms with Gasteiger partial charge < -0.3 is 10.4 Å². The fourth-order valence-corrected chi connectivity index (χ4v) is 3.80. The molecule has 1 aliphatic carbocycles. The summed E-state index contributed by atoms with van der Waals surface area (Å²) in [6, 6.07) is 8.67. The normalized spacial score (nSPS) is 34.4. The first-order valence-electron chi connectivity index (χ1n) is 7.78. The van der Waals surface area contributed by atoms with Crippen molar-refractivity contribution in [2.45, 2.75) is 63.5 Å². The van der Waals surface area contributed by atoms with E-state index in [2.05, 4.69) is 36.5 Å². The van der Waals surface area contributed by atoms with Crippen LogP contribution in [0, 0.1) is 5.92 Å². The number of para-hydroxylation sites is 1. The van der Waals surface area contributed by atoms with Gasteiger partial charge in [0, 0.05) is 5.69 Å². The van der Waals surface area contributed by atoms with E-state index in [-0.39, 0.29) is 6.04 Å². The van der Waals surface area contributed by atoms with E-state index < -0.39 is 5.60 Å². The van der Waals surface area contributed by atoms with Crippen molar-refractivity contribution >= 4 is 5.69 Å². The molecule has 2 heteroatoms. The van der Waals surface area contributed by atoms with Crippen LogP contribution in [-0.2, 0) is 6.42 Å². The molecule has 1 aromatic carbocycles. The van der Waals surface area contributed by atoms with Gasteiger partial charge in [-0.3, -0.25) is 0 Å². The third-order valence-electron chi connectivity index (χ3n) is 5.20. The van der Waals surface area contributed by atoms with Crippen LogP contribution in [0.25, 0.3) is 0 Å². The van der Waals surface area contributed by atoms with E-state index >= 15 is 0 Å². The number of benzene rings is 1. The summed E-state index contributed by atoms with van der Waals surface area (Å²) >= 11 is 0. The molecule has 0 bridgehead atoms. The predicted octanol–water partition coefficient (Wildman–Crippen LogP) is 3.74. The summed E-state index contributed by atoms with van der Waals surface area (Å²) in [5.74, 6) is 0.817. The summed E-state index contributed by atoms with van der Waals surface area (Å²) in [4.78, 5) is 0. The van der Waals surface area contributed by atoms with E-state index in [1.54, 1.807) is 0 Å². The zero-order chi connectivity index (χ0) is 13.3. The first-order chi connectivity index (χ1) is 9.21. The van der Waals surface area contributed by atoms with Gasteiger partial charge in [-0.1, -0.05) is 44.4 Å². The molecule has 3 unspecified atom stereocenters. The van der Waals surface area contributed by atoms with E-state index in [1.165, 1.54) is 36.9 Å². The maximum Gasteiger partial charge on any atom is 0.0851 e. The molecule has 0 radical (unpaired) electrons. The maximum atomic E-state index is 11.1. The number of hydrogen-bond acceptors (Lipinski definition) is 2. The zero-order valence-electron chi connectivity index (χ0n) is 11.9. The van der Waals surface area contributed by atoms with Crippen LogP contribution in [0.5, 0.6) is 0 Å². The molecule has 0 saturated heterocycles. The van der Waals surface area contributed by atoms with Crippen molar-refractivity contribution in [2.24, 2.45) is 5.92 Å². The second-order valence-electron chi connectivity index (χ2n) is 6.37. The highest BCUT2D eigenvalue weighted by molar-refractivity contribution is 5.57. The molecular formula is C17H25NO. The average Bonchev–Trinajstić information content (AvgIpc) is 2.78.